The van der Waals surface area contributed by atoms with E-state index in [0.717, 1.165) is 38.6 Å². The Morgan fingerprint density at radius 3 is 2.71 bits per heavy atom. The standard InChI is InChI=1S/C20H30N4/c1-3-21-20(22-15-17-9-12-23(2)16-17)24-13-10-19(11-14-24)18-7-5-4-6-8-18/h4-8,10,17H,3,9,11-16H2,1-2H3,(H,21,22). The van der Waals surface area contributed by atoms with Crippen molar-refractivity contribution in [2.75, 3.05) is 46.3 Å². The van der Waals surface area contributed by atoms with Gasteiger partial charge in [-0.2, -0.15) is 0 Å². The van der Waals surface area contributed by atoms with Crippen molar-refractivity contribution >= 4 is 11.5 Å². The zero-order valence-electron chi connectivity index (χ0n) is 15.0. The number of likely N-dealkylation sites (tertiary alicyclic amines) is 1. The maximum absolute atomic E-state index is 4.93. The summed E-state index contributed by atoms with van der Waals surface area (Å²) in [5, 5.41) is 3.48. The van der Waals surface area contributed by atoms with E-state index in [1.165, 1.54) is 30.6 Å². The van der Waals surface area contributed by atoms with Crippen LogP contribution in [0.2, 0.25) is 0 Å². The Kier molecular flexibility index (Phi) is 5.91. The molecule has 0 amide bonds. The van der Waals surface area contributed by atoms with Crippen LogP contribution in [0.3, 0.4) is 0 Å². The first-order chi connectivity index (χ1) is 11.8. The Labute approximate surface area is 146 Å². The van der Waals surface area contributed by atoms with Gasteiger partial charge in [-0.15, -0.1) is 0 Å². The summed E-state index contributed by atoms with van der Waals surface area (Å²) in [6.07, 6.45) is 4.72. The minimum Gasteiger partial charge on any atom is -0.357 e. The normalized spacial score (nSPS) is 22.6. The van der Waals surface area contributed by atoms with Crippen LogP contribution in [0.15, 0.2) is 41.4 Å². The van der Waals surface area contributed by atoms with Crippen LogP contribution < -0.4 is 5.32 Å². The lowest BCUT2D eigenvalue weighted by Crippen LogP contribution is -2.43. The monoisotopic (exact) mass is 326 g/mol. The molecule has 1 fully saturated rings. The molecule has 0 radical (unpaired) electrons. The van der Waals surface area contributed by atoms with Gasteiger partial charge in [-0.1, -0.05) is 36.4 Å². The second-order valence-corrected chi connectivity index (χ2v) is 6.90. The second-order valence-electron chi connectivity index (χ2n) is 6.90. The van der Waals surface area contributed by atoms with Crippen molar-refractivity contribution in [1.29, 1.82) is 0 Å². The third-order valence-corrected chi connectivity index (χ3v) is 4.98. The van der Waals surface area contributed by atoms with Gasteiger partial charge in [0.15, 0.2) is 5.96 Å². The lowest BCUT2D eigenvalue weighted by atomic mass is 10.00. The second kappa shape index (κ2) is 8.34. The Morgan fingerprint density at radius 1 is 1.25 bits per heavy atom. The van der Waals surface area contributed by atoms with Gasteiger partial charge in [-0.05, 0) is 50.4 Å². The fourth-order valence-corrected chi connectivity index (χ4v) is 3.59. The fraction of sp³-hybridized carbons (Fsp3) is 0.550. The summed E-state index contributed by atoms with van der Waals surface area (Å²) >= 11 is 0. The van der Waals surface area contributed by atoms with Crippen LogP contribution in [0.4, 0.5) is 0 Å². The molecule has 4 heteroatoms. The predicted molar refractivity (Wildman–Crippen MR) is 102 cm³/mol. The van der Waals surface area contributed by atoms with Crippen molar-refractivity contribution in [2.24, 2.45) is 10.9 Å². The van der Waals surface area contributed by atoms with Crippen LogP contribution >= 0.6 is 0 Å². The Hall–Kier alpha value is -1.81. The number of benzene rings is 1. The topological polar surface area (TPSA) is 30.9 Å². The van der Waals surface area contributed by atoms with E-state index in [2.05, 4.69) is 65.5 Å². The van der Waals surface area contributed by atoms with Crippen LogP contribution in [0.25, 0.3) is 5.57 Å². The molecule has 1 saturated heterocycles. The van der Waals surface area contributed by atoms with E-state index in [9.17, 15) is 0 Å². The molecule has 0 aliphatic carbocycles. The highest BCUT2D eigenvalue weighted by atomic mass is 15.3. The Morgan fingerprint density at radius 2 is 2.08 bits per heavy atom. The van der Waals surface area contributed by atoms with Crippen LogP contribution in [-0.4, -0.2) is 62.1 Å². The molecule has 1 N–H and O–H groups in total. The van der Waals surface area contributed by atoms with E-state index >= 15 is 0 Å². The molecule has 4 nitrogen and oxygen atoms in total. The van der Waals surface area contributed by atoms with Gasteiger partial charge in [0.05, 0.1) is 0 Å². The predicted octanol–water partition coefficient (Wildman–Crippen LogP) is 2.69. The molecular weight excluding hydrogens is 296 g/mol. The summed E-state index contributed by atoms with van der Waals surface area (Å²) in [6, 6.07) is 10.7. The van der Waals surface area contributed by atoms with Gasteiger partial charge in [0.2, 0.25) is 0 Å². The van der Waals surface area contributed by atoms with Crippen molar-refractivity contribution < 1.29 is 0 Å². The summed E-state index contributed by atoms with van der Waals surface area (Å²) in [7, 11) is 2.20. The van der Waals surface area contributed by atoms with Crippen molar-refractivity contribution in [3.63, 3.8) is 0 Å². The first-order valence-electron chi connectivity index (χ1n) is 9.22. The number of hydrogen-bond acceptors (Lipinski definition) is 2. The molecule has 0 aromatic heterocycles. The number of nitrogens with one attached hydrogen (secondary N) is 1. The highest BCUT2D eigenvalue weighted by molar-refractivity contribution is 5.81. The number of nitrogens with zero attached hydrogens (tertiary/aromatic N) is 3. The van der Waals surface area contributed by atoms with Gasteiger partial charge in [-0.3, -0.25) is 4.99 Å². The fourth-order valence-electron chi connectivity index (χ4n) is 3.59. The van der Waals surface area contributed by atoms with Crippen molar-refractivity contribution in [2.45, 2.75) is 19.8 Å². The van der Waals surface area contributed by atoms with Gasteiger partial charge in [-0.25, -0.2) is 0 Å². The number of hydrogen-bond donors (Lipinski definition) is 1. The third kappa shape index (κ3) is 4.38. The average molecular weight is 326 g/mol. The minimum atomic E-state index is 0.712. The SMILES string of the molecule is CCNC(=NCC1CCN(C)C1)N1CC=C(c2ccccc2)CC1. The highest BCUT2D eigenvalue weighted by Crippen LogP contribution is 2.22. The van der Waals surface area contributed by atoms with E-state index in [-0.39, 0.29) is 0 Å². The summed E-state index contributed by atoms with van der Waals surface area (Å²) < 4.78 is 0. The maximum Gasteiger partial charge on any atom is 0.194 e. The maximum atomic E-state index is 4.93. The van der Waals surface area contributed by atoms with Gasteiger partial charge in [0.1, 0.15) is 0 Å². The first kappa shape index (κ1) is 17.0. The van der Waals surface area contributed by atoms with Crippen molar-refractivity contribution in [3.8, 4) is 0 Å². The number of rotatable bonds is 4. The van der Waals surface area contributed by atoms with Crippen molar-refractivity contribution in [1.82, 2.24) is 15.1 Å². The molecule has 1 aromatic carbocycles. The van der Waals surface area contributed by atoms with Crippen LogP contribution in [0.5, 0.6) is 0 Å². The molecule has 1 unspecified atom stereocenters. The van der Waals surface area contributed by atoms with Crippen LogP contribution in [-0.2, 0) is 0 Å². The van der Waals surface area contributed by atoms with Gasteiger partial charge in [0.25, 0.3) is 0 Å². The number of guanidine groups is 1. The van der Waals surface area contributed by atoms with Crippen LogP contribution in [0, 0.1) is 5.92 Å². The molecular formula is C20H30N4. The third-order valence-electron chi connectivity index (χ3n) is 4.98. The van der Waals surface area contributed by atoms with E-state index in [0.29, 0.717) is 5.92 Å². The molecule has 1 aromatic rings. The van der Waals surface area contributed by atoms with E-state index < -0.39 is 0 Å². The lowest BCUT2D eigenvalue weighted by Gasteiger charge is -2.30. The summed E-state index contributed by atoms with van der Waals surface area (Å²) in [4.78, 5) is 9.72. The Balaban J connectivity index is 1.61. The van der Waals surface area contributed by atoms with Crippen LogP contribution in [0.1, 0.15) is 25.3 Å². The summed E-state index contributed by atoms with van der Waals surface area (Å²) in [6.45, 7) is 8.39. The highest BCUT2D eigenvalue weighted by Gasteiger charge is 2.20. The van der Waals surface area contributed by atoms with Gasteiger partial charge < -0.3 is 15.1 Å². The quantitative estimate of drug-likeness (QED) is 0.682. The minimum absolute atomic E-state index is 0.712. The summed E-state index contributed by atoms with van der Waals surface area (Å²) in [5.74, 6) is 1.79. The van der Waals surface area contributed by atoms with E-state index in [1.807, 2.05) is 0 Å². The Bertz CT molecular complexity index is 579. The lowest BCUT2D eigenvalue weighted by molar-refractivity contribution is 0.395. The molecule has 0 bridgehead atoms. The molecule has 2 heterocycles. The molecule has 130 valence electrons. The molecule has 0 saturated carbocycles. The number of aliphatic imine (C=N–C) groups is 1. The van der Waals surface area contributed by atoms with Crippen molar-refractivity contribution in [3.05, 3.63) is 42.0 Å². The van der Waals surface area contributed by atoms with E-state index in [4.69, 9.17) is 4.99 Å². The summed E-state index contributed by atoms with van der Waals surface area (Å²) in [5.41, 5.74) is 2.81. The molecule has 2 aliphatic heterocycles. The largest absolute Gasteiger partial charge is 0.357 e. The van der Waals surface area contributed by atoms with Gasteiger partial charge >= 0.3 is 0 Å². The smallest absolute Gasteiger partial charge is 0.194 e. The average Bonchev–Trinajstić information content (AvgIpc) is 3.05. The zero-order valence-corrected chi connectivity index (χ0v) is 15.0. The molecule has 1 atom stereocenters. The first-order valence-corrected chi connectivity index (χ1v) is 9.22. The molecule has 2 aliphatic rings. The molecule has 0 spiro atoms. The molecule has 3 rings (SSSR count). The van der Waals surface area contributed by atoms with Gasteiger partial charge in [0, 0.05) is 32.7 Å². The molecule has 24 heavy (non-hydrogen) atoms. The van der Waals surface area contributed by atoms with E-state index in [1.54, 1.807) is 0 Å². The zero-order chi connectivity index (χ0) is 16.8.